The van der Waals surface area contributed by atoms with E-state index in [9.17, 15) is 27.6 Å². The summed E-state index contributed by atoms with van der Waals surface area (Å²) in [4.78, 5) is 43.8. The number of amides is 2. The van der Waals surface area contributed by atoms with Crippen LogP contribution in [0, 0.1) is 5.92 Å². The quantitative estimate of drug-likeness (QED) is 0.162. The molecule has 50 heavy (non-hydrogen) atoms. The Morgan fingerprint density at radius 3 is 2.02 bits per heavy atom. The Labute approximate surface area is 290 Å². The number of piperazine rings is 1. The van der Waals surface area contributed by atoms with E-state index in [0.717, 1.165) is 23.4 Å². The molecule has 2 unspecified atom stereocenters. The average molecular weight is 687 g/mol. The van der Waals surface area contributed by atoms with Crippen LogP contribution in [0.25, 0.3) is 11.1 Å². The molecule has 2 atom stereocenters. The second kappa shape index (κ2) is 16.0. The fourth-order valence-electron chi connectivity index (χ4n) is 6.21. The highest BCUT2D eigenvalue weighted by Gasteiger charge is 2.34. The lowest BCUT2D eigenvalue weighted by molar-refractivity contribution is -0.146. The molecule has 1 fully saturated rings. The maximum atomic E-state index is 13.7. The summed E-state index contributed by atoms with van der Waals surface area (Å²) in [6.45, 7) is 6.47. The number of benzene rings is 4. The maximum absolute atomic E-state index is 13.7. The molecule has 1 aliphatic rings. The lowest BCUT2D eigenvalue weighted by Crippen LogP contribution is -2.53. The van der Waals surface area contributed by atoms with Crippen LogP contribution < -0.4 is 15.5 Å². The lowest BCUT2D eigenvalue weighted by atomic mass is 9.98. The van der Waals surface area contributed by atoms with Gasteiger partial charge in [0.2, 0.25) is 5.91 Å². The topological polar surface area (TPSA) is 91.0 Å². The summed E-state index contributed by atoms with van der Waals surface area (Å²) in [5.41, 5.74) is 2.98. The minimum atomic E-state index is -4.44. The highest BCUT2D eigenvalue weighted by molar-refractivity contribution is 6.08. The van der Waals surface area contributed by atoms with E-state index in [-0.39, 0.29) is 17.7 Å². The molecule has 4 aromatic rings. The normalized spacial score (nSPS) is 14.9. The molecule has 1 aliphatic heterocycles. The van der Waals surface area contributed by atoms with Gasteiger partial charge in [0, 0.05) is 43.1 Å². The molecule has 4 aromatic carbocycles. The number of hydrogen-bond acceptors (Lipinski definition) is 6. The Kier molecular flexibility index (Phi) is 11.6. The Hall–Kier alpha value is -5.16. The number of nitrogens with one attached hydrogen (secondary N) is 2. The van der Waals surface area contributed by atoms with Gasteiger partial charge in [-0.05, 0) is 71.5 Å². The summed E-state index contributed by atoms with van der Waals surface area (Å²) in [5.74, 6) is -0.913. The van der Waals surface area contributed by atoms with Gasteiger partial charge < -0.3 is 20.3 Å². The Morgan fingerprint density at radius 2 is 1.42 bits per heavy atom. The van der Waals surface area contributed by atoms with Crippen molar-refractivity contribution in [3.05, 3.63) is 120 Å². The van der Waals surface area contributed by atoms with Crippen LogP contribution in [0.2, 0.25) is 0 Å². The van der Waals surface area contributed by atoms with Crippen LogP contribution in [0.3, 0.4) is 0 Å². The van der Waals surface area contributed by atoms with Crippen LogP contribution in [-0.2, 0) is 20.5 Å². The summed E-state index contributed by atoms with van der Waals surface area (Å²) in [6.07, 6.45) is -3.98. The molecule has 1 saturated heterocycles. The van der Waals surface area contributed by atoms with Gasteiger partial charge in [0.1, 0.15) is 12.1 Å². The van der Waals surface area contributed by atoms with Gasteiger partial charge >= 0.3 is 12.1 Å². The molecule has 11 heteroatoms. The number of halogens is 3. The summed E-state index contributed by atoms with van der Waals surface area (Å²) in [6, 6.07) is 27.2. The molecule has 0 radical (unpaired) electrons. The number of nitrogens with zero attached hydrogens (tertiary/aromatic N) is 2. The third-order valence-electron chi connectivity index (χ3n) is 8.74. The molecule has 2 amide bonds. The third kappa shape index (κ3) is 8.89. The first-order valence-electron chi connectivity index (χ1n) is 16.5. The van der Waals surface area contributed by atoms with Gasteiger partial charge in [-0.3, -0.25) is 14.5 Å². The van der Waals surface area contributed by atoms with E-state index >= 15 is 0 Å². The zero-order chi connectivity index (χ0) is 35.8. The molecule has 8 nitrogen and oxygen atoms in total. The van der Waals surface area contributed by atoms with Crippen molar-refractivity contribution in [2.24, 2.45) is 5.92 Å². The molecule has 5 rings (SSSR count). The first-order chi connectivity index (χ1) is 23.9. The first kappa shape index (κ1) is 36.1. The molecule has 0 spiro atoms. The van der Waals surface area contributed by atoms with Crippen LogP contribution in [0.15, 0.2) is 103 Å². The van der Waals surface area contributed by atoms with Crippen molar-refractivity contribution in [1.82, 2.24) is 10.2 Å². The summed E-state index contributed by atoms with van der Waals surface area (Å²) < 4.78 is 44.2. The number of carbonyl (C=O) groups excluding carboxylic acids is 3. The van der Waals surface area contributed by atoms with Gasteiger partial charge in [0.05, 0.1) is 12.7 Å². The standard InChI is InChI=1S/C39H41F3N4O4/c1-26(2)25-34(38(49)50-3)44-37(48)35(28-9-5-4-6-10-28)46-23-21-45(22-24-46)31-19-17-30(18-20-31)43-36(47)33-12-8-7-11-32(33)27-13-15-29(16-14-27)39(40,41)42/h4-20,26,34-35H,21-25H2,1-3H3,(H,43,47)(H,44,48). The molecule has 0 aromatic heterocycles. The lowest BCUT2D eigenvalue weighted by Gasteiger charge is -2.40. The predicted octanol–water partition coefficient (Wildman–Crippen LogP) is 7.19. The minimum Gasteiger partial charge on any atom is -0.467 e. The van der Waals surface area contributed by atoms with Gasteiger partial charge in [-0.25, -0.2) is 4.79 Å². The largest absolute Gasteiger partial charge is 0.467 e. The van der Waals surface area contributed by atoms with Gasteiger partial charge in [0.15, 0.2) is 0 Å². The number of rotatable bonds is 11. The van der Waals surface area contributed by atoms with E-state index in [4.69, 9.17) is 4.74 Å². The van der Waals surface area contributed by atoms with Crippen molar-refractivity contribution >= 4 is 29.2 Å². The van der Waals surface area contributed by atoms with Crippen LogP contribution in [-0.4, -0.2) is 62.0 Å². The van der Waals surface area contributed by atoms with E-state index in [1.807, 2.05) is 68.4 Å². The fourth-order valence-corrected chi connectivity index (χ4v) is 6.21. The van der Waals surface area contributed by atoms with Crippen LogP contribution in [0.5, 0.6) is 0 Å². The van der Waals surface area contributed by atoms with Crippen molar-refractivity contribution in [3.8, 4) is 11.1 Å². The van der Waals surface area contributed by atoms with Gasteiger partial charge in [-0.15, -0.1) is 0 Å². The molecule has 262 valence electrons. The van der Waals surface area contributed by atoms with Gasteiger partial charge in [-0.1, -0.05) is 74.5 Å². The van der Waals surface area contributed by atoms with Crippen LogP contribution in [0.1, 0.15) is 47.8 Å². The van der Waals surface area contributed by atoms with Crippen LogP contribution in [0.4, 0.5) is 24.5 Å². The smallest absolute Gasteiger partial charge is 0.416 e. The highest BCUT2D eigenvalue weighted by Crippen LogP contribution is 2.32. The summed E-state index contributed by atoms with van der Waals surface area (Å²) in [7, 11) is 1.32. The summed E-state index contributed by atoms with van der Waals surface area (Å²) >= 11 is 0. The van der Waals surface area contributed by atoms with Crippen molar-refractivity contribution < 1.29 is 32.3 Å². The second-order valence-electron chi connectivity index (χ2n) is 12.7. The molecule has 0 saturated carbocycles. The Morgan fingerprint density at radius 1 is 0.800 bits per heavy atom. The Balaban J connectivity index is 1.24. The monoisotopic (exact) mass is 686 g/mol. The first-order valence-corrected chi connectivity index (χ1v) is 16.5. The van der Waals surface area contributed by atoms with Crippen molar-refractivity contribution in [1.29, 1.82) is 0 Å². The van der Waals surface area contributed by atoms with E-state index in [0.29, 0.717) is 55.0 Å². The van der Waals surface area contributed by atoms with Crippen LogP contribution >= 0.6 is 0 Å². The Bertz CT molecular complexity index is 1760. The zero-order valence-corrected chi connectivity index (χ0v) is 28.2. The average Bonchev–Trinajstić information content (AvgIpc) is 3.11. The van der Waals surface area contributed by atoms with Crippen molar-refractivity contribution in [2.45, 2.75) is 38.5 Å². The highest BCUT2D eigenvalue weighted by atomic mass is 19.4. The van der Waals surface area contributed by atoms with Crippen molar-refractivity contribution in [2.75, 3.05) is 43.5 Å². The van der Waals surface area contributed by atoms with E-state index in [1.54, 1.807) is 24.3 Å². The number of alkyl halides is 3. The van der Waals surface area contributed by atoms with E-state index in [2.05, 4.69) is 20.4 Å². The number of anilines is 2. The molecular weight excluding hydrogens is 645 g/mol. The van der Waals surface area contributed by atoms with Gasteiger partial charge in [-0.2, -0.15) is 13.2 Å². The molecule has 0 bridgehead atoms. The zero-order valence-electron chi connectivity index (χ0n) is 28.2. The molecule has 0 aliphatic carbocycles. The number of methoxy groups -OCH3 is 1. The number of ether oxygens (including phenoxy) is 1. The number of hydrogen-bond donors (Lipinski definition) is 2. The SMILES string of the molecule is COC(=O)C(CC(C)C)NC(=O)C(c1ccccc1)N1CCN(c2ccc(NC(=O)c3ccccc3-c3ccc(C(F)(F)F)cc3)cc2)CC1. The fraction of sp³-hybridized carbons (Fsp3) is 0.308. The molecule has 2 N–H and O–H groups in total. The number of esters is 1. The molecular formula is C39H41F3N4O4. The van der Waals surface area contributed by atoms with Crippen molar-refractivity contribution in [3.63, 3.8) is 0 Å². The third-order valence-corrected chi connectivity index (χ3v) is 8.74. The minimum absolute atomic E-state index is 0.182. The number of carbonyl (C=O) groups is 3. The predicted molar refractivity (Wildman–Crippen MR) is 188 cm³/mol. The maximum Gasteiger partial charge on any atom is 0.416 e. The van der Waals surface area contributed by atoms with E-state index < -0.39 is 29.8 Å². The van der Waals surface area contributed by atoms with Gasteiger partial charge in [0.25, 0.3) is 5.91 Å². The summed E-state index contributed by atoms with van der Waals surface area (Å²) in [5, 5.41) is 5.85. The second-order valence-corrected chi connectivity index (χ2v) is 12.7. The molecule has 1 heterocycles. The van der Waals surface area contributed by atoms with E-state index in [1.165, 1.54) is 19.2 Å².